The lowest BCUT2D eigenvalue weighted by molar-refractivity contribution is 0.149. The van der Waals surface area contributed by atoms with Gasteiger partial charge in [-0.2, -0.15) is 5.26 Å². The number of nitrogens with zero attached hydrogens (tertiary/aromatic N) is 3. The van der Waals surface area contributed by atoms with E-state index in [1.54, 1.807) is 6.20 Å². The highest BCUT2D eigenvalue weighted by atomic mass is 16.5. The van der Waals surface area contributed by atoms with E-state index in [0.717, 1.165) is 70.1 Å². The Kier molecular flexibility index (Phi) is 7.88. The number of hydrogen-bond acceptors (Lipinski definition) is 6. The lowest BCUT2D eigenvalue weighted by Crippen LogP contribution is -2.19. The van der Waals surface area contributed by atoms with Crippen molar-refractivity contribution in [2.75, 3.05) is 25.1 Å². The Bertz CT molecular complexity index is 1360. The molecule has 0 aliphatic heterocycles. The fraction of sp³-hybridized carbons (Fsp3) is 0.250. The normalized spacial score (nSPS) is 11.3. The van der Waals surface area contributed by atoms with Crippen LogP contribution in [-0.2, 0) is 11.3 Å². The van der Waals surface area contributed by atoms with Crippen molar-refractivity contribution in [2.24, 2.45) is 0 Å². The minimum Gasteiger partial charge on any atom is -0.380 e. The second-order valence-electron chi connectivity index (χ2n) is 8.26. The zero-order valence-corrected chi connectivity index (χ0v) is 20.4. The molecule has 4 aromatic rings. The number of aryl methyl sites for hydroxylation is 2. The molecule has 178 valence electrons. The summed E-state index contributed by atoms with van der Waals surface area (Å²) in [6, 6.07) is 12.5. The third kappa shape index (κ3) is 5.75. The van der Waals surface area contributed by atoms with Crippen molar-refractivity contribution in [3.63, 3.8) is 0 Å². The molecular formula is C28H30N6O. The topological polar surface area (TPSA) is 98.6 Å². The number of aromatic nitrogens is 3. The van der Waals surface area contributed by atoms with Crippen LogP contribution in [0.1, 0.15) is 40.6 Å². The summed E-state index contributed by atoms with van der Waals surface area (Å²) in [4.78, 5) is 12.2. The summed E-state index contributed by atoms with van der Waals surface area (Å²) >= 11 is 0. The van der Waals surface area contributed by atoms with Gasteiger partial charge in [0.25, 0.3) is 0 Å². The number of nitriles is 1. The predicted octanol–water partition coefficient (Wildman–Crippen LogP) is 5.49. The van der Waals surface area contributed by atoms with Crippen molar-refractivity contribution in [3.8, 4) is 6.07 Å². The maximum atomic E-state index is 9.77. The molecule has 3 aromatic heterocycles. The largest absolute Gasteiger partial charge is 0.380 e. The molecule has 0 aliphatic rings. The Morgan fingerprint density at radius 3 is 2.74 bits per heavy atom. The highest BCUT2D eigenvalue weighted by molar-refractivity contribution is 5.90. The molecule has 7 heteroatoms. The van der Waals surface area contributed by atoms with Crippen LogP contribution in [0, 0.1) is 25.2 Å². The molecule has 0 bridgehead atoms. The molecular weight excluding hydrogens is 436 g/mol. The smallest absolute Gasteiger partial charge is 0.103 e. The zero-order chi connectivity index (χ0) is 24.6. The van der Waals surface area contributed by atoms with Crippen LogP contribution in [0.15, 0.2) is 48.9 Å². The fourth-order valence-electron chi connectivity index (χ4n) is 3.93. The molecule has 35 heavy (non-hydrogen) atoms. The van der Waals surface area contributed by atoms with Crippen molar-refractivity contribution in [1.29, 1.82) is 5.26 Å². The van der Waals surface area contributed by atoms with Crippen LogP contribution in [0.25, 0.3) is 23.1 Å². The number of rotatable bonds is 10. The number of hydrogen-bond donors (Lipinski definition) is 3. The van der Waals surface area contributed by atoms with Gasteiger partial charge in [0.1, 0.15) is 6.07 Å². The summed E-state index contributed by atoms with van der Waals surface area (Å²) < 4.78 is 5.34. The number of aromatic amines is 1. The van der Waals surface area contributed by atoms with Crippen molar-refractivity contribution in [2.45, 2.75) is 27.3 Å². The molecule has 0 saturated carbocycles. The second kappa shape index (κ2) is 11.4. The van der Waals surface area contributed by atoms with Crippen LogP contribution in [-0.4, -0.2) is 34.7 Å². The van der Waals surface area contributed by atoms with Gasteiger partial charge in [0, 0.05) is 66.1 Å². The van der Waals surface area contributed by atoms with Crippen LogP contribution < -0.4 is 10.6 Å². The monoisotopic (exact) mass is 466 g/mol. The predicted molar refractivity (Wildman–Crippen MR) is 141 cm³/mol. The van der Waals surface area contributed by atoms with E-state index in [1.165, 1.54) is 0 Å². The Morgan fingerprint density at radius 2 is 1.97 bits per heavy atom. The molecule has 0 radical (unpaired) electrons. The first-order valence-electron chi connectivity index (χ1n) is 11.8. The number of ether oxygens (including phenoxy) is 1. The molecule has 3 N–H and O–H groups in total. The maximum Gasteiger partial charge on any atom is 0.103 e. The van der Waals surface area contributed by atoms with Gasteiger partial charge in [-0.25, -0.2) is 0 Å². The number of nitrogens with one attached hydrogen (secondary N) is 3. The van der Waals surface area contributed by atoms with Crippen LogP contribution >= 0.6 is 0 Å². The number of benzene rings is 1. The highest BCUT2D eigenvalue weighted by Crippen LogP contribution is 2.32. The molecule has 0 spiro atoms. The molecule has 1 aromatic carbocycles. The average Bonchev–Trinajstić information content (AvgIpc) is 3.36. The van der Waals surface area contributed by atoms with Crippen molar-refractivity contribution in [3.05, 3.63) is 82.6 Å². The number of anilines is 2. The Balaban J connectivity index is 1.56. The third-order valence-corrected chi connectivity index (χ3v) is 5.92. The molecule has 0 amide bonds. The summed E-state index contributed by atoms with van der Waals surface area (Å²) in [5.41, 5.74) is 8.02. The first kappa shape index (κ1) is 24.1. The van der Waals surface area contributed by atoms with E-state index in [2.05, 4.69) is 50.7 Å². The minimum absolute atomic E-state index is 0.491. The van der Waals surface area contributed by atoms with Gasteiger partial charge in [0.15, 0.2) is 0 Å². The number of pyridine rings is 2. The van der Waals surface area contributed by atoms with E-state index < -0.39 is 0 Å². The Labute approximate surface area is 205 Å². The van der Waals surface area contributed by atoms with Crippen molar-refractivity contribution < 1.29 is 4.74 Å². The highest BCUT2D eigenvalue weighted by Gasteiger charge is 2.13. The molecule has 3 heterocycles. The van der Waals surface area contributed by atoms with Crippen LogP contribution in [0.4, 0.5) is 11.4 Å². The standard InChI is InChI=1S/C28H30N6O/c1-4-35-14-13-30-16-21-5-6-23(33-17-21)7-8-25-20(3)32-18-22(15-29)28(25)34-26-9-10-27-24(19(26)2)11-12-31-27/h5-12,17-18,30-31H,4,13-14,16H2,1-3H3,(H,32,34)/b8-7+. The average molecular weight is 467 g/mol. The summed E-state index contributed by atoms with van der Waals surface area (Å²) in [5.74, 6) is 0. The second-order valence-corrected chi connectivity index (χ2v) is 8.26. The fourth-order valence-corrected chi connectivity index (χ4v) is 3.93. The van der Waals surface area contributed by atoms with Gasteiger partial charge in [0.2, 0.25) is 0 Å². The van der Waals surface area contributed by atoms with Gasteiger partial charge in [-0.1, -0.05) is 6.07 Å². The SMILES string of the molecule is CCOCCNCc1ccc(/C=C/c2c(C)ncc(C#N)c2Nc2ccc3[nH]ccc3c2C)nc1. The van der Waals surface area contributed by atoms with E-state index in [-0.39, 0.29) is 0 Å². The molecule has 0 saturated heterocycles. The quantitative estimate of drug-likeness (QED) is 0.268. The summed E-state index contributed by atoms with van der Waals surface area (Å²) in [5, 5.41) is 17.8. The Hall–Kier alpha value is -3.99. The zero-order valence-electron chi connectivity index (χ0n) is 20.4. The summed E-state index contributed by atoms with van der Waals surface area (Å²) in [6.45, 7) is 9.00. The van der Waals surface area contributed by atoms with Gasteiger partial charge in [-0.15, -0.1) is 0 Å². The lowest BCUT2D eigenvalue weighted by atomic mass is 10.0. The van der Waals surface area contributed by atoms with Gasteiger partial charge < -0.3 is 20.4 Å². The van der Waals surface area contributed by atoms with E-state index in [4.69, 9.17) is 4.74 Å². The van der Waals surface area contributed by atoms with E-state index in [9.17, 15) is 5.26 Å². The summed E-state index contributed by atoms with van der Waals surface area (Å²) in [7, 11) is 0. The third-order valence-electron chi connectivity index (χ3n) is 5.92. The van der Waals surface area contributed by atoms with E-state index in [1.807, 2.05) is 56.6 Å². The molecule has 7 nitrogen and oxygen atoms in total. The first-order chi connectivity index (χ1) is 17.1. The first-order valence-corrected chi connectivity index (χ1v) is 11.8. The van der Waals surface area contributed by atoms with Gasteiger partial charge in [-0.05, 0) is 68.3 Å². The molecule has 4 rings (SSSR count). The van der Waals surface area contributed by atoms with Crippen LogP contribution in [0.3, 0.4) is 0 Å². The van der Waals surface area contributed by atoms with Crippen LogP contribution in [0.2, 0.25) is 0 Å². The lowest BCUT2D eigenvalue weighted by Gasteiger charge is -2.15. The van der Waals surface area contributed by atoms with Crippen LogP contribution in [0.5, 0.6) is 0 Å². The summed E-state index contributed by atoms with van der Waals surface area (Å²) in [6.07, 6.45) is 9.34. The van der Waals surface area contributed by atoms with Gasteiger partial charge in [0.05, 0.1) is 23.6 Å². The molecule has 0 unspecified atom stereocenters. The molecule has 0 aliphatic carbocycles. The molecule has 0 fully saturated rings. The Morgan fingerprint density at radius 1 is 1.09 bits per heavy atom. The maximum absolute atomic E-state index is 9.77. The number of H-pyrrole nitrogens is 1. The van der Waals surface area contributed by atoms with E-state index >= 15 is 0 Å². The van der Waals surface area contributed by atoms with E-state index in [0.29, 0.717) is 12.2 Å². The minimum atomic E-state index is 0.491. The van der Waals surface area contributed by atoms with Crippen molar-refractivity contribution in [1.82, 2.24) is 20.3 Å². The van der Waals surface area contributed by atoms with Gasteiger partial charge in [-0.3, -0.25) is 9.97 Å². The van der Waals surface area contributed by atoms with Gasteiger partial charge >= 0.3 is 0 Å². The number of fused-ring (bicyclic) bond motifs is 1. The van der Waals surface area contributed by atoms with Crippen molar-refractivity contribution >= 4 is 34.4 Å². The molecule has 0 atom stereocenters.